The van der Waals surface area contributed by atoms with Gasteiger partial charge in [-0.2, -0.15) is 0 Å². The molecule has 1 rings (SSSR count). The van der Waals surface area contributed by atoms with Gasteiger partial charge in [0.25, 0.3) is 5.91 Å². The fourth-order valence-electron chi connectivity index (χ4n) is 1.86. The number of aliphatic hydroxyl groups excluding tert-OH is 1. The lowest BCUT2D eigenvalue weighted by Crippen LogP contribution is -2.42. The molecule has 1 heterocycles. The van der Waals surface area contributed by atoms with Gasteiger partial charge in [0.2, 0.25) is 0 Å². The summed E-state index contributed by atoms with van der Waals surface area (Å²) in [5.41, 5.74) is 0.250. The quantitative estimate of drug-likeness (QED) is 0.856. The zero-order chi connectivity index (χ0) is 13.5. The SMILES string of the molecule is CCC(CC)N(CCO)C(=O)c1ccc(Cl)nn1. The summed E-state index contributed by atoms with van der Waals surface area (Å²) in [5.74, 6) is -0.220. The van der Waals surface area contributed by atoms with E-state index in [2.05, 4.69) is 10.2 Å². The first-order chi connectivity index (χ1) is 8.63. The van der Waals surface area contributed by atoms with Gasteiger partial charge in [-0.05, 0) is 25.0 Å². The molecule has 0 radical (unpaired) electrons. The topological polar surface area (TPSA) is 66.3 Å². The number of halogens is 1. The van der Waals surface area contributed by atoms with Crippen molar-refractivity contribution in [2.24, 2.45) is 0 Å². The van der Waals surface area contributed by atoms with E-state index in [4.69, 9.17) is 16.7 Å². The number of carbonyl (C=O) groups excluding carboxylic acids is 1. The normalized spacial score (nSPS) is 10.7. The molecule has 100 valence electrons. The van der Waals surface area contributed by atoms with Crippen LogP contribution < -0.4 is 0 Å². The molecule has 1 aromatic heterocycles. The average Bonchev–Trinajstić information content (AvgIpc) is 2.39. The van der Waals surface area contributed by atoms with E-state index < -0.39 is 0 Å². The number of rotatable bonds is 6. The van der Waals surface area contributed by atoms with Gasteiger partial charge in [-0.25, -0.2) is 0 Å². The van der Waals surface area contributed by atoms with Gasteiger partial charge in [-0.15, -0.1) is 10.2 Å². The molecule has 0 saturated heterocycles. The molecule has 1 amide bonds. The minimum atomic E-state index is -0.220. The van der Waals surface area contributed by atoms with Crippen LogP contribution in [0, 0.1) is 0 Å². The van der Waals surface area contributed by atoms with Gasteiger partial charge < -0.3 is 10.0 Å². The summed E-state index contributed by atoms with van der Waals surface area (Å²) in [5, 5.41) is 16.8. The third-order valence-corrected chi connectivity index (χ3v) is 3.04. The maximum atomic E-state index is 12.3. The molecule has 0 bridgehead atoms. The second kappa shape index (κ2) is 7.28. The molecule has 1 N–H and O–H groups in total. The highest BCUT2D eigenvalue weighted by Crippen LogP contribution is 2.12. The van der Waals surface area contributed by atoms with Gasteiger partial charge in [0.05, 0.1) is 6.61 Å². The predicted octanol–water partition coefficient (Wildman–Crippen LogP) is 1.75. The molecule has 1 aromatic rings. The Morgan fingerprint density at radius 1 is 1.39 bits per heavy atom. The number of hydrogen-bond acceptors (Lipinski definition) is 4. The number of carbonyl (C=O) groups is 1. The lowest BCUT2D eigenvalue weighted by atomic mass is 10.1. The molecule has 0 spiro atoms. The lowest BCUT2D eigenvalue weighted by Gasteiger charge is -2.29. The Morgan fingerprint density at radius 3 is 2.50 bits per heavy atom. The highest BCUT2D eigenvalue weighted by atomic mass is 35.5. The third kappa shape index (κ3) is 3.65. The fourth-order valence-corrected chi connectivity index (χ4v) is 1.97. The van der Waals surface area contributed by atoms with E-state index in [0.29, 0.717) is 6.54 Å². The Labute approximate surface area is 112 Å². The van der Waals surface area contributed by atoms with E-state index in [1.165, 1.54) is 6.07 Å². The summed E-state index contributed by atoms with van der Waals surface area (Å²) in [6.07, 6.45) is 1.67. The monoisotopic (exact) mass is 271 g/mol. The first-order valence-corrected chi connectivity index (χ1v) is 6.42. The van der Waals surface area contributed by atoms with Crippen molar-refractivity contribution in [2.75, 3.05) is 13.2 Å². The van der Waals surface area contributed by atoms with Gasteiger partial charge >= 0.3 is 0 Å². The molecule has 0 aliphatic rings. The Bertz CT molecular complexity index is 379. The highest BCUT2D eigenvalue weighted by molar-refractivity contribution is 6.29. The van der Waals surface area contributed by atoms with Gasteiger partial charge in [-0.3, -0.25) is 4.79 Å². The van der Waals surface area contributed by atoms with E-state index in [9.17, 15) is 4.79 Å². The Morgan fingerprint density at radius 2 is 2.06 bits per heavy atom. The highest BCUT2D eigenvalue weighted by Gasteiger charge is 2.23. The Kier molecular flexibility index (Phi) is 6.01. The van der Waals surface area contributed by atoms with Crippen molar-refractivity contribution in [2.45, 2.75) is 32.7 Å². The standard InChI is InChI=1S/C12H18ClN3O2/c1-3-9(4-2)16(7-8-17)12(18)10-5-6-11(13)15-14-10/h5-6,9,17H,3-4,7-8H2,1-2H3. The molecule has 0 fully saturated rings. The fraction of sp³-hybridized carbons (Fsp3) is 0.583. The summed E-state index contributed by atoms with van der Waals surface area (Å²) in [7, 11) is 0. The van der Waals surface area contributed by atoms with Gasteiger partial charge in [-0.1, -0.05) is 25.4 Å². The van der Waals surface area contributed by atoms with Crippen molar-refractivity contribution >= 4 is 17.5 Å². The van der Waals surface area contributed by atoms with Crippen molar-refractivity contribution in [1.82, 2.24) is 15.1 Å². The molecule has 0 saturated carbocycles. The Balaban J connectivity index is 2.91. The van der Waals surface area contributed by atoms with Crippen molar-refractivity contribution in [3.05, 3.63) is 23.0 Å². The number of hydrogen-bond donors (Lipinski definition) is 1. The van der Waals surface area contributed by atoms with Crippen LogP contribution in [0.15, 0.2) is 12.1 Å². The summed E-state index contributed by atoms with van der Waals surface area (Å²) in [4.78, 5) is 13.9. The van der Waals surface area contributed by atoms with Crippen LogP contribution in [0.5, 0.6) is 0 Å². The van der Waals surface area contributed by atoms with E-state index in [0.717, 1.165) is 12.8 Å². The summed E-state index contributed by atoms with van der Waals surface area (Å²) in [6, 6.07) is 3.18. The van der Waals surface area contributed by atoms with Crippen molar-refractivity contribution in [3.8, 4) is 0 Å². The zero-order valence-corrected chi connectivity index (χ0v) is 11.4. The van der Waals surface area contributed by atoms with Crippen LogP contribution in [-0.4, -0.2) is 45.3 Å². The van der Waals surface area contributed by atoms with Crippen LogP contribution in [0.25, 0.3) is 0 Å². The average molecular weight is 272 g/mol. The smallest absolute Gasteiger partial charge is 0.274 e. The van der Waals surface area contributed by atoms with Crippen LogP contribution >= 0.6 is 11.6 Å². The Hall–Kier alpha value is -1.20. The van der Waals surface area contributed by atoms with Crippen LogP contribution in [0.4, 0.5) is 0 Å². The molecule has 18 heavy (non-hydrogen) atoms. The van der Waals surface area contributed by atoms with Crippen molar-refractivity contribution < 1.29 is 9.90 Å². The van der Waals surface area contributed by atoms with Crippen LogP contribution in [0.2, 0.25) is 5.15 Å². The molecule has 6 heteroatoms. The predicted molar refractivity (Wildman–Crippen MR) is 69.5 cm³/mol. The van der Waals surface area contributed by atoms with Crippen LogP contribution in [0.1, 0.15) is 37.2 Å². The summed E-state index contributed by atoms with van der Waals surface area (Å²) in [6.45, 7) is 4.26. The lowest BCUT2D eigenvalue weighted by molar-refractivity contribution is 0.0615. The van der Waals surface area contributed by atoms with E-state index in [-0.39, 0.29) is 29.4 Å². The van der Waals surface area contributed by atoms with Gasteiger partial charge in [0.15, 0.2) is 10.8 Å². The molecular weight excluding hydrogens is 254 g/mol. The molecule has 0 unspecified atom stereocenters. The molecule has 5 nitrogen and oxygen atoms in total. The van der Waals surface area contributed by atoms with Crippen molar-refractivity contribution in [3.63, 3.8) is 0 Å². The first-order valence-electron chi connectivity index (χ1n) is 6.05. The second-order valence-electron chi connectivity index (χ2n) is 3.93. The molecule has 0 atom stereocenters. The van der Waals surface area contributed by atoms with E-state index in [1.54, 1.807) is 11.0 Å². The van der Waals surface area contributed by atoms with Gasteiger partial charge in [0, 0.05) is 12.6 Å². The number of aromatic nitrogens is 2. The maximum absolute atomic E-state index is 12.3. The number of nitrogens with zero attached hydrogens (tertiary/aromatic N) is 3. The van der Waals surface area contributed by atoms with Gasteiger partial charge in [0.1, 0.15) is 0 Å². The molecule has 0 aliphatic heterocycles. The number of aliphatic hydroxyl groups is 1. The third-order valence-electron chi connectivity index (χ3n) is 2.84. The second-order valence-corrected chi connectivity index (χ2v) is 4.32. The van der Waals surface area contributed by atoms with E-state index >= 15 is 0 Å². The summed E-state index contributed by atoms with van der Waals surface area (Å²) >= 11 is 5.64. The zero-order valence-electron chi connectivity index (χ0n) is 10.6. The summed E-state index contributed by atoms with van der Waals surface area (Å²) < 4.78 is 0. The largest absolute Gasteiger partial charge is 0.395 e. The first kappa shape index (κ1) is 14.9. The van der Waals surface area contributed by atoms with E-state index in [1.807, 2.05) is 13.8 Å². The molecule has 0 aromatic carbocycles. The van der Waals surface area contributed by atoms with Crippen molar-refractivity contribution in [1.29, 1.82) is 0 Å². The molecular formula is C12H18ClN3O2. The minimum absolute atomic E-state index is 0.0662. The van der Waals surface area contributed by atoms with Crippen LogP contribution in [-0.2, 0) is 0 Å². The minimum Gasteiger partial charge on any atom is -0.395 e. The number of amides is 1. The maximum Gasteiger partial charge on any atom is 0.274 e. The molecule has 0 aliphatic carbocycles. The van der Waals surface area contributed by atoms with Crippen LogP contribution in [0.3, 0.4) is 0 Å².